The molecule has 2 aromatic rings. The second kappa shape index (κ2) is 9.44. The van der Waals surface area contributed by atoms with Crippen molar-refractivity contribution < 1.29 is 1.43 Å². The van der Waals surface area contributed by atoms with Crippen LogP contribution in [0.15, 0.2) is 60.7 Å². The smallest absolute Gasteiger partial charge is 0.0249 e. The third kappa shape index (κ3) is 5.37. The summed E-state index contributed by atoms with van der Waals surface area (Å²) >= 11 is 0. The SMILES string of the molecule is C/C=C/CCc1ccc(C#Cc2ccc(C3CCC(C)CC3)cc2)cc1.[HH]. The quantitative estimate of drug-likeness (QED) is 0.408. The van der Waals surface area contributed by atoms with Crippen LogP contribution in [0.1, 0.15) is 75.5 Å². The monoisotopic (exact) mass is 344 g/mol. The molecular weight excluding hydrogens is 312 g/mol. The van der Waals surface area contributed by atoms with Gasteiger partial charge >= 0.3 is 0 Å². The summed E-state index contributed by atoms with van der Waals surface area (Å²) in [5.74, 6) is 8.27. The fraction of sp³-hybridized carbons (Fsp3) is 0.385. The molecule has 0 amide bonds. The van der Waals surface area contributed by atoms with Gasteiger partial charge in [0.2, 0.25) is 0 Å². The second-order valence-corrected chi connectivity index (χ2v) is 7.63. The van der Waals surface area contributed by atoms with Crippen molar-refractivity contribution in [3.63, 3.8) is 0 Å². The molecule has 1 saturated carbocycles. The average molecular weight is 345 g/mol. The predicted octanol–water partition coefficient (Wildman–Crippen LogP) is 7.13. The van der Waals surface area contributed by atoms with Crippen LogP contribution >= 0.6 is 0 Å². The summed E-state index contributed by atoms with van der Waals surface area (Å²) in [5, 5.41) is 0. The highest BCUT2D eigenvalue weighted by atomic mass is 14.2. The van der Waals surface area contributed by atoms with E-state index in [9.17, 15) is 0 Å². The van der Waals surface area contributed by atoms with E-state index in [4.69, 9.17) is 0 Å². The molecule has 0 heterocycles. The molecule has 0 radical (unpaired) electrons. The summed E-state index contributed by atoms with van der Waals surface area (Å²) in [7, 11) is 0. The summed E-state index contributed by atoms with van der Waals surface area (Å²) in [5.41, 5.74) is 5.06. The Morgan fingerprint density at radius 2 is 1.46 bits per heavy atom. The maximum Gasteiger partial charge on any atom is 0.0249 e. The fourth-order valence-electron chi connectivity index (χ4n) is 3.75. The van der Waals surface area contributed by atoms with Crippen LogP contribution < -0.4 is 0 Å². The zero-order valence-corrected chi connectivity index (χ0v) is 16.2. The summed E-state index contributed by atoms with van der Waals surface area (Å²) in [6.07, 6.45) is 11.9. The van der Waals surface area contributed by atoms with E-state index in [1.54, 1.807) is 0 Å². The number of rotatable bonds is 4. The third-order valence-corrected chi connectivity index (χ3v) is 5.54. The second-order valence-electron chi connectivity index (χ2n) is 7.63. The van der Waals surface area contributed by atoms with Gasteiger partial charge in [0, 0.05) is 12.6 Å². The van der Waals surface area contributed by atoms with Crippen molar-refractivity contribution >= 4 is 0 Å². The van der Waals surface area contributed by atoms with Crippen LogP contribution in [0, 0.1) is 17.8 Å². The van der Waals surface area contributed by atoms with Gasteiger partial charge in [-0.15, -0.1) is 0 Å². The van der Waals surface area contributed by atoms with Gasteiger partial charge in [0.15, 0.2) is 0 Å². The number of allylic oxidation sites excluding steroid dienone is 2. The fourth-order valence-corrected chi connectivity index (χ4v) is 3.75. The van der Waals surface area contributed by atoms with Crippen molar-refractivity contribution in [2.24, 2.45) is 5.92 Å². The molecule has 1 fully saturated rings. The Morgan fingerprint density at radius 3 is 2.04 bits per heavy atom. The van der Waals surface area contributed by atoms with E-state index in [1.165, 1.54) is 36.8 Å². The van der Waals surface area contributed by atoms with Gasteiger partial charge in [-0.3, -0.25) is 0 Å². The van der Waals surface area contributed by atoms with E-state index in [0.717, 1.165) is 35.8 Å². The first-order chi connectivity index (χ1) is 12.7. The highest BCUT2D eigenvalue weighted by Crippen LogP contribution is 2.35. The molecule has 0 aliphatic heterocycles. The molecule has 136 valence electrons. The Morgan fingerprint density at radius 1 is 0.885 bits per heavy atom. The Kier molecular flexibility index (Phi) is 6.73. The van der Waals surface area contributed by atoms with E-state index < -0.39 is 0 Å². The molecule has 0 atom stereocenters. The summed E-state index contributed by atoms with van der Waals surface area (Å²) in [6, 6.07) is 17.6. The van der Waals surface area contributed by atoms with Crippen LogP contribution in [-0.2, 0) is 6.42 Å². The van der Waals surface area contributed by atoms with Gasteiger partial charge in [0.1, 0.15) is 0 Å². The molecule has 1 aliphatic rings. The van der Waals surface area contributed by atoms with E-state index in [0.29, 0.717) is 0 Å². The standard InChI is InChI=1S/C26H30.H2/c1-3-4-5-6-22-9-11-23(12-10-22)13-14-24-15-19-26(20-16-24)25-17-7-21(2)8-18-25;/h3-4,9-12,15-16,19-21,25H,5-8,17-18H2,1-2H3;1H/b4-3+;. The van der Waals surface area contributed by atoms with Crippen molar-refractivity contribution in [3.05, 3.63) is 82.9 Å². The van der Waals surface area contributed by atoms with Gasteiger partial charge in [0.05, 0.1) is 0 Å². The summed E-state index contributed by atoms with van der Waals surface area (Å²) in [4.78, 5) is 0. The largest absolute Gasteiger partial charge is 0.0917 e. The van der Waals surface area contributed by atoms with Gasteiger partial charge < -0.3 is 0 Å². The van der Waals surface area contributed by atoms with Crippen molar-refractivity contribution in [1.82, 2.24) is 0 Å². The molecular formula is C26H32. The van der Waals surface area contributed by atoms with Crippen LogP contribution in [0.5, 0.6) is 0 Å². The van der Waals surface area contributed by atoms with Crippen molar-refractivity contribution in [2.75, 3.05) is 0 Å². The lowest BCUT2D eigenvalue weighted by Crippen LogP contribution is -2.10. The third-order valence-electron chi connectivity index (χ3n) is 5.54. The van der Waals surface area contributed by atoms with E-state index >= 15 is 0 Å². The highest BCUT2D eigenvalue weighted by molar-refractivity contribution is 5.44. The van der Waals surface area contributed by atoms with Crippen molar-refractivity contribution in [2.45, 2.75) is 58.3 Å². The average Bonchev–Trinajstić information content (AvgIpc) is 2.69. The van der Waals surface area contributed by atoms with E-state index in [2.05, 4.69) is 86.4 Å². The van der Waals surface area contributed by atoms with Gasteiger partial charge in [-0.05, 0) is 79.8 Å². The normalized spacial score (nSPS) is 19.9. The Hall–Kier alpha value is -2.26. The lowest BCUT2D eigenvalue weighted by atomic mass is 9.79. The molecule has 0 aromatic heterocycles. The molecule has 0 nitrogen and oxygen atoms in total. The lowest BCUT2D eigenvalue weighted by Gasteiger charge is -2.26. The van der Waals surface area contributed by atoms with Gasteiger partial charge in [-0.1, -0.05) is 68.0 Å². The summed E-state index contributed by atoms with van der Waals surface area (Å²) < 4.78 is 0. The molecule has 0 saturated heterocycles. The van der Waals surface area contributed by atoms with E-state index in [1.807, 2.05) is 0 Å². The maximum atomic E-state index is 3.31. The molecule has 2 aromatic carbocycles. The van der Waals surface area contributed by atoms with Gasteiger partial charge in [0.25, 0.3) is 0 Å². The molecule has 26 heavy (non-hydrogen) atoms. The van der Waals surface area contributed by atoms with Gasteiger partial charge in [-0.25, -0.2) is 0 Å². The number of benzene rings is 2. The number of hydrogen-bond donors (Lipinski definition) is 0. The molecule has 3 rings (SSSR count). The van der Waals surface area contributed by atoms with Crippen molar-refractivity contribution in [1.29, 1.82) is 0 Å². The Labute approximate surface area is 160 Å². The first kappa shape index (κ1) is 18.5. The van der Waals surface area contributed by atoms with Crippen LogP contribution in [0.25, 0.3) is 0 Å². The number of hydrogen-bond acceptors (Lipinski definition) is 0. The first-order valence-electron chi connectivity index (χ1n) is 10.1. The molecule has 0 bridgehead atoms. The Balaban J connectivity index is 0.00000261. The van der Waals surface area contributed by atoms with E-state index in [-0.39, 0.29) is 1.43 Å². The van der Waals surface area contributed by atoms with Crippen LogP contribution in [0.3, 0.4) is 0 Å². The van der Waals surface area contributed by atoms with Crippen LogP contribution in [0.2, 0.25) is 0 Å². The molecule has 0 heteroatoms. The minimum atomic E-state index is 0. The number of aryl methyl sites for hydroxylation is 1. The minimum absolute atomic E-state index is 0. The maximum absolute atomic E-state index is 3.31. The zero-order chi connectivity index (χ0) is 18.2. The van der Waals surface area contributed by atoms with Crippen LogP contribution in [0.4, 0.5) is 0 Å². The molecule has 1 aliphatic carbocycles. The Bertz CT molecular complexity index is 764. The zero-order valence-electron chi connectivity index (χ0n) is 16.2. The minimum Gasteiger partial charge on any atom is -0.0917 e. The topological polar surface area (TPSA) is 0 Å². The first-order valence-corrected chi connectivity index (χ1v) is 10.1. The molecule has 0 spiro atoms. The molecule has 0 unspecified atom stereocenters. The highest BCUT2D eigenvalue weighted by Gasteiger charge is 2.19. The lowest BCUT2D eigenvalue weighted by molar-refractivity contribution is 0.348. The van der Waals surface area contributed by atoms with Gasteiger partial charge in [-0.2, -0.15) is 0 Å². The van der Waals surface area contributed by atoms with Crippen molar-refractivity contribution in [3.8, 4) is 11.8 Å². The predicted molar refractivity (Wildman–Crippen MR) is 114 cm³/mol. The summed E-state index contributed by atoms with van der Waals surface area (Å²) in [6.45, 7) is 4.45. The molecule has 0 N–H and O–H groups in total. The van der Waals surface area contributed by atoms with Crippen LogP contribution in [-0.4, -0.2) is 0 Å².